The van der Waals surface area contributed by atoms with Crippen molar-refractivity contribution in [1.82, 2.24) is 25.0 Å². The van der Waals surface area contributed by atoms with Gasteiger partial charge in [-0.25, -0.2) is 9.78 Å². The number of ether oxygens (including phenoxy) is 1. The predicted octanol–water partition coefficient (Wildman–Crippen LogP) is 2.51. The van der Waals surface area contributed by atoms with E-state index in [1.54, 1.807) is 16.2 Å². The molecule has 2 aromatic heterocycles. The SMILES string of the molecule is CCn1cc([C@@H]2CN(C(=O)N[C@@H](C)c3ncc(C)s3)CCO2)cn1. The number of urea groups is 1. The van der Waals surface area contributed by atoms with Crippen molar-refractivity contribution in [2.24, 2.45) is 0 Å². The van der Waals surface area contributed by atoms with Crippen LogP contribution in [0.1, 0.15) is 41.4 Å². The van der Waals surface area contributed by atoms with E-state index in [9.17, 15) is 4.79 Å². The number of hydrogen-bond donors (Lipinski definition) is 1. The van der Waals surface area contributed by atoms with Crippen molar-refractivity contribution in [2.45, 2.75) is 39.5 Å². The maximum atomic E-state index is 12.5. The van der Waals surface area contributed by atoms with E-state index in [4.69, 9.17) is 4.74 Å². The smallest absolute Gasteiger partial charge is 0.318 e. The zero-order valence-corrected chi connectivity index (χ0v) is 15.0. The largest absolute Gasteiger partial charge is 0.370 e. The molecule has 1 aliphatic rings. The molecule has 2 aromatic rings. The van der Waals surface area contributed by atoms with E-state index in [-0.39, 0.29) is 18.2 Å². The molecule has 0 aromatic carbocycles. The van der Waals surface area contributed by atoms with Crippen LogP contribution in [0.4, 0.5) is 4.79 Å². The first-order valence-corrected chi connectivity index (χ1v) is 9.00. The van der Waals surface area contributed by atoms with E-state index >= 15 is 0 Å². The van der Waals surface area contributed by atoms with Gasteiger partial charge in [0.1, 0.15) is 11.1 Å². The summed E-state index contributed by atoms with van der Waals surface area (Å²) in [5.74, 6) is 0. The monoisotopic (exact) mass is 349 g/mol. The van der Waals surface area contributed by atoms with Gasteiger partial charge in [-0.2, -0.15) is 5.10 Å². The van der Waals surface area contributed by atoms with E-state index < -0.39 is 0 Å². The highest BCUT2D eigenvalue weighted by atomic mass is 32.1. The summed E-state index contributed by atoms with van der Waals surface area (Å²) in [6.45, 7) is 8.48. The Morgan fingerprint density at radius 1 is 1.54 bits per heavy atom. The maximum Gasteiger partial charge on any atom is 0.318 e. The number of hydrogen-bond acceptors (Lipinski definition) is 5. The average Bonchev–Trinajstić information content (AvgIpc) is 3.23. The lowest BCUT2D eigenvalue weighted by Gasteiger charge is -2.33. The Morgan fingerprint density at radius 2 is 2.38 bits per heavy atom. The van der Waals surface area contributed by atoms with Crippen LogP contribution < -0.4 is 5.32 Å². The van der Waals surface area contributed by atoms with Crippen molar-refractivity contribution < 1.29 is 9.53 Å². The Hall–Kier alpha value is -1.93. The molecule has 0 bridgehead atoms. The minimum absolute atomic E-state index is 0.0773. The van der Waals surface area contributed by atoms with Crippen molar-refractivity contribution in [3.63, 3.8) is 0 Å². The van der Waals surface area contributed by atoms with Crippen LogP contribution in [-0.2, 0) is 11.3 Å². The summed E-state index contributed by atoms with van der Waals surface area (Å²) in [6, 6.07) is -0.174. The van der Waals surface area contributed by atoms with Crippen molar-refractivity contribution >= 4 is 17.4 Å². The zero-order valence-electron chi connectivity index (χ0n) is 14.2. The third-order valence-electron chi connectivity index (χ3n) is 4.05. The number of amides is 2. The third-order valence-corrected chi connectivity index (χ3v) is 5.15. The number of thiazole rings is 1. The number of morpholine rings is 1. The van der Waals surface area contributed by atoms with Gasteiger partial charge in [-0.05, 0) is 20.8 Å². The maximum absolute atomic E-state index is 12.5. The fourth-order valence-corrected chi connectivity index (χ4v) is 3.44. The molecular weight excluding hydrogens is 326 g/mol. The summed E-state index contributed by atoms with van der Waals surface area (Å²) >= 11 is 1.61. The van der Waals surface area contributed by atoms with Gasteiger partial charge in [-0.3, -0.25) is 4.68 Å². The van der Waals surface area contributed by atoms with Gasteiger partial charge in [0.2, 0.25) is 0 Å². The fraction of sp³-hybridized carbons (Fsp3) is 0.562. The summed E-state index contributed by atoms with van der Waals surface area (Å²) < 4.78 is 7.68. The lowest BCUT2D eigenvalue weighted by Crippen LogP contribution is -2.47. The molecule has 0 unspecified atom stereocenters. The van der Waals surface area contributed by atoms with Crippen LogP contribution in [-0.4, -0.2) is 45.4 Å². The number of nitrogens with one attached hydrogen (secondary N) is 1. The highest BCUT2D eigenvalue weighted by Gasteiger charge is 2.27. The van der Waals surface area contributed by atoms with Crippen LogP contribution in [0.2, 0.25) is 0 Å². The first kappa shape index (κ1) is 16.9. The average molecular weight is 349 g/mol. The summed E-state index contributed by atoms with van der Waals surface area (Å²) in [7, 11) is 0. The molecule has 1 saturated heterocycles. The number of carbonyl (C=O) groups is 1. The highest BCUT2D eigenvalue weighted by molar-refractivity contribution is 7.11. The Bertz CT molecular complexity index is 698. The second-order valence-electron chi connectivity index (χ2n) is 5.92. The van der Waals surface area contributed by atoms with E-state index in [1.165, 1.54) is 0 Å². The second-order valence-corrected chi connectivity index (χ2v) is 7.18. The van der Waals surface area contributed by atoms with Gasteiger partial charge in [-0.15, -0.1) is 11.3 Å². The summed E-state index contributed by atoms with van der Waals surface area (Å²) in [6.07, 6.45) is 5.50. The lowest BCUT2D eigenvalue weighted by molar-refractivity contribution is -0.0157. The molecular formula is C16H23N5O2S. The van der Waals surface area contributed by atoms with Gasteiger partial charge in [0.15, 0.2) is 0 Å². The van der Waals surface area contributed by atoms with E-state index in [0.29, 0.717) is 19.7 Å². The molecule has 1 aliphatic heterocycles. The summed E-state index contributed by atoms with van der Waals surface area (Å²) in [4.78, 5) is 19.8. The van der Waals surface area contributed by atoms with Crippen LogP contribution in [0.15, 0.2) is 18.6 Å². The molecule has 130 valence electrons. The molecule has 0 aliphatic carbocycles. The number of aryl methyl sites for hydroxylation is 2. The number of aromatic nitrogens is 3. The standard InChI is InChI=1S/C16H23N5O2S/c1-4-21-9-13(8-18-21)14-10-20(5-6-23-14)16(22)19-12(3)15-17-7-11(2)24-15/h7-9,12,14H,4-6,10H2,1-3H3,(H,19,22)/t12-,14-/m0/s1. The van der Waals surface area contributed by atoms with Crippen LogP contribution in [0.25, 0.3) is 0 Å². The molecule has 1 fully saturated rings. The predicted molar refractivity (Wildman–Crippen MR) is 92.0 cm³/mol. The van der Waals surface area contributed by atoms with Crippen LogP contribution in [0.3, 0.4) is 0 Å². The number of rotatable bonds is 4. The molecule has 3 rings (SSSR count). The molecule has 3 heterocycles. The molecule has 7 nitrogen and oxygen atoms in total. The van der Waals surface area contributed by atoms with E-state index in [2.05, 4.69) is 15.4 Å². The molecule has 2 amide bonds. The van der Waals surface area contributed by atoms with Crippen molar-refractivity contribution in [3.05, 3.63) is 34.0 Å². The van der Waals surface area contributed by atoms with Gasteiger partial charge >= 0.3 is 6.03 Å². The molecule has 2 atom stereocenters. The van der Waals surface area contributed by atoms with Gasteiger partial charge < -0.3 is 15.0 Å². The second kappa shape index (κ2) is 7.31. The highest BCUT2D eigenvalue weighted by Crippen LogP contribution is 2.23. The third kappa shape index (κ3) is 3.76. The Kier molecular flexibility index (Phi) is 5.15. The lowest BCUT2D eigenvalue weighted by atomic mass is 10.1. The minimum Gasteiger partial charge on any atom is -0.370 e. The molecule has 0 saturated carbocycles. The van der Waals surface area contributed by atoms with Crippen molar-refractivity contribution in [2.75, 3.05) is 19.7 Å². The first-order valence-electron chi connectivity index (χ1n) is 8.18. The van der Waals surface area contributed by atoms with Crippen LogP contribution in [0, 0.1) is 6.92 Å². The molecule has 8 heteroatoms. The minimum atomic E-state index is -0.123. The van der Waals surface area contributed by atoms with Crippen LogP contribution >= 0.6 is 11.3 Å². The van der Waals surface area contributed by atoms with Crippen molar-refractivity contribution in [1.29, 1.82) is 0 Å². The van der Waals surface area contributed by atoms with E-state index in [1.807, 2.05) is 44.0 Å². The van der Waals surface area contributed by atoms with Gasteiger partial charge in [0.05, 0.1) is 25.4 Å². The first-order chi connectivity index (χ1) is 11.6. The van der Waals surface area contributed by atoms with E-state index in [0.717, 1.165) is 22.0 Å². The van der Waals surface area contributed by atoms with Crippen LogP contribution in [0.5, 0.6) is 0 Å². The summed E-state index contributed by atoms with van der Waals surface area (Å²) in [5, 5.41) is 8.23. The molecule has 0 radical (unpaired) electrons. The normalized spacial score (nSPS) is 19.3. The molecule has 0 spiro atoms. The van der Waals surface area contributed by atoms with Crippen molar-refractivity contribution in [3.8, 4) is 0 Å². The summed E-state index contributed by atoms with van der Waals surface area (Å²) in [5.41, 5.74) is 1.01. The fourth-order valence-electron chi connectivity index (χ4n) is 2.66. The van der Waals surface area contributed by atoms with Gasteiger partial charge in [-0.1, -0.05) is 0 Å². The number of nitrogens with zero attached hydrogens (tertiary/aromatic N) is 4. The Balaban J connectivity index is 1.60. The van der Waals surface area contributed by atoms with Gasteiger partial charge in [0.25, 0.3) is 0 Å². The zero-order chi connectivity index (χ0) is 17.1. The number of carbonyl (C=O) groups excluding carboxylic acids is 1. The quantitative estimate of drug-likeness (QED) is 0.920. The Morgan fingerprint density at radius 3 is 3.04 bits per heavy atom. The topological polar surface area (TPSA) is 72.3 Å². The Labute approximate surface area is 145 Å². The molecule has 1 N–H and O–H groups in total. The van der Waals surface area contributed by atoms with Gasteiger partial charge in [0, 0.05) is 35.9 Å². The molecule has 24 heavy (non-hydrogen) atoms.